The number of anilines is 1. The molecule has 1 N–H and O–H groups in total. The first-order valence-corrected chi connectivity index (χ1v) is 8.57. The third kappa shape index (κ3) is 4.60. The summed E-state index contributed by atoms with van der Waals surface area (Å²) in [5.41, 5.74) is 1.08. The molecular formula is C16H15Cl2N3O2S. The molecule has 0 saturated heterocycles. The van der Waals surface area contributed by atoms with Crippen molar-refractivity contribution in [2.24, 2.45) is 0 Å². The lowest BCUT2D eigenvalue weighted by Gasteiger charge is -2.15. The van der Waals surface area contributed by atoms with Crippen LogP contribution in [0.15, 0.2) is 18.2 Å². The smallest absolute Gasteiger partial charge is 0.413 e. The number of halogens is 2. The van der Waals surface area contributed by atoms with Gasteiger partial charge in [0.05, 0.1) is 15.7 Å². The first-order valence-electron chi connectivity index (χ1n) is 7.00. The molecule has 5 nitrogen and oxygen atoms in total. The Bertz CT molecular complexity index is 807. The van der Waals surface area contributed by atoms with Crippen molar-refractivity contribution in [3.05, 3.63) is 44.4 Å². The number of carbonyl (C=O) groups excluding carboxylic acids is 1. The van der Waals surface area contributed by atoms with Crippen LogP contribution in [0.25, 0.3) is 0 Å². The van der Waals surface area contributed by atoms with Crippen molar-refractivity contribution in [2.75, 3.05) is 5.32 Å². The van der Waals surface area contributed by atoms with Crippen molar-refractivity contribution in [1.29, 1.82) is 5.26 Å². The minimum Gasteiger partial charge on any atom is -0.444 e. The second-order valence-electron chi connectivity index (χ2n) is 6.01. The van der Waals surface area contributed by atoms with Crippen molar-refractivity contribution >= 4 is 45.8 Å². The number of thiazole rings is 1. The highest BCUT2D eigenvalue weighted by Crippen LogP contribution is 2.31. The van der Waals surface area contributed by atoms with Crippen LogP contribution in [0, 0.1) is 11.3 Å². The van der Waals surface area contributed by atoms with Crippen molar-refractivity contribution in [3.8, 4) is 6.07 Å². The molecule has 0 aliphatic carbocycles. The summed E-state index contributed by atoms with van der Waals surface area (Å²) in [6.45, 7) is 5.91. The molecule has 24 heavy (non-hydrogen) atoms. The summed E-state index contributed by atoms with van der Waals surface area (Å²) in [5.74, 6) is 0. The average molecular weight is 384 g/mol. The van der Waals surface area contributed by atoms with Gasteiger partial charge in [0.15, 0.2) is 5.13 Å². The minimum absolute atomic E-state index is 0.0470. The minimum atomic E-state index is -0.653. The maximum absolute atomic E-state index is 11.9. The number of nitriles is 1. The molecule has 0 radical (unpaired) electrons. The molecule has 1 aromatic carbocycles. The number of hydrogen-bond donors (Lipinski definition) is 1. The van der Waals surface area contributed by atoms with Crippen LogP contribution in [0.2, 0.25) is 10.0 Å². The second-order valence-corrected chi connectivity index (χ2v) is 7.82. The molecule has 2 aromatic rings. The SMILES string of the molecule is CC(C)(C)c1nc(NC(=O)OCc2ccc(Cl)c(Cl)c2)sc1C#N. The molecular weight excluding hydrogens is 369 g/mol. The zero-order valence-corrected chi connectivity index (χ0v) is 15.6. The van der Waals surface area contributed by atoms with Gasteiger partial charge in [-0.2, -0.15) is 5.26 Å². The van der Waals surface area contributed by atoms with Crippen molar-refractivity contribution in [2.45, 2.75) is 32.8 Å². The highest BCUT2D eigenvalue weighted by molar-refractivity contribution is 7.16. The molecule has 126 valence electrons. The van der Waals surface area contributed by atoms with Gasteiger partial charge >= 0.3 is 6.09 Å². The number of benzene rings is 1. The zero-order valence-electron chi connectivity index (χ0n) is 13.3. The molecule has 0 spiro atoms. The molecule has 0 bridgehead atoms. The van der Waals surface area contributed by atoms with Crippen molar-refractivity contribution in [3.63, 3.8) is 0 Å². The fraction of sp³-hybridized carbons (Fsp3) is 0.312. The summed E-state index contributed by atoms with van der Waals surface area (Å²) < 4.78 is 5.13. The van der Waals surface area contributed by atoms with Gasteiger partial charge in [-0.1, -0.05) is 61.4 Å². The number of carbonyl (C=O) groups is 1. The first kappa shape index (κ1) is 18.5. The third-order valence-electron chi connectivity index (χ3n) is 3.00. The standard InChI is InChI=1S/C16H15Cl2N3O2S/c1-16(2,3)13-12(7-19)24-14(20-13)21-15(22)23-8-9-4-5-10(17)11(18)6-9/h4-6H,8H2,1-3H3,(H,20,21,22). The Morgan fingerprint density at radius 2 is 2.08 bits per heavy atom. The van der Waals surface area contributed by atoms with E-state index in [0.717, 1.165) is 11.3 Å². The molecule has 2 rings (SSSR count). The van der Waals surface area contributed by atoms with Crippen LogP contribution in [-0.4, -0.2) is 11.1 Å². The Hall–Kier alpha value is -1.81. The molecule has 0 aliphatic heterocycles. The highest BCUT2D eigenvalue weighted by Gasteiger charge is 2.24. The van der Waals surface area contributed by atoms with Crippen molar-refractivity contribution in [1.82, 2.24) is 4.98 Å². The Labute approximate surface area is 154 Å². The largest absolute Gasteiger partial charge is 0.444 e. The Kier molecular flexibility index (Phi) is 5.70. The summed E-state index contributed by atoms with van der Waals surface area (Å²) in [5, 5.41) is 12.9. The monoisotopic (exact) mass is 383 g/mol. The summed E-state index contributed by atoms with van der Waals surface area (Å²) in [7, 11) is 0. The number of amides is 1. The van der Waals surface area contributed by atoms with E-state index < -0.39 is 6.09 Å². The Morgan fingerprint density at radius 3 is 2.62 bits per heavy atom. The topological polar surface area (TPSA) is 75.0 Å². The predicted octanol–water partition coefficient (Wildman–Crippen LogP) is 5.37. The summed E-state index contributed by atoms with van der Waals surface area (Å²) in [6.07, 6.45) is -0.653. The van der Waals surface area contributed by atoms with E-state index in [0.29, 0.717) is 31.3 Å². The van der Waals surface area contributed by atoms with Crippen LogP contribution >= 0.6 is 34.5 Å². The Balaban J connectivity index is 2.01. The molecule has 1 amide bonds. The van der Waals surface area contributed by atoms with Crippen LogP contribution in [0.3, 0.4) is 0 Å². The maximum Gasteiger partial charge on any atom is 0.413 e. The fourth-order valence-electron chi connectivity index (χ4n) is 1.86. The van der Waals surface area contributed by atoms with E-state index in [2.05, 4.69) is 16.4 Å². The van der Waals surface area contributed by atoms with Gasteiger partial charge in [-0.25, -0.2) is 9.78 Å². The number of hydrogen-bond acceptors (Lipinski definition) is 5. The van der Waals surface area contributed by atoms with E-state index in [9.17, 15) is 10.1 Å². The number of nitrogens with one attached hydrogen (secondary N) is 1. The van der Waals surface area contributed by atoms with E-state index in [1.165, 1.54) is 0 Å². The number of ether oxygens (including phenoxy) is 1. The van der Waals surface area contributed by atoms with E-state index >= 15 is 0 Å². The lowest BCUT2D eigenvalue weighted by atomic mass is 9.91. The second kappa shape index (κ2) is 7.39. The molecule has 0 aliphatic rings. The van der Waals surface area contributed by atoms with E-state index in [1.807, 2.05) is 20.8 Å². The van der Waals surface area contributed by atoms with Gasteiger partial charge in [0.25, 0.3) is 0 Å². The molecule has 0 unspecified atom stereocenters. The van der Waals surface area contributed by atoms with Crippen molar-refractivity contribution < 1.29 is 9.53 Å². The maximum atomic E-state index is 11.9. The van der Waals surface area contributed by atoms with Gasteiger partial charge in [0.2, 0.25) is 0 Å². The predicted molar refractivity (Wildman–Crippen MR) is 95.8 cm³/mol. The Morgan fingerprint density at radius 1 is 1.38 bits per heavy atom. The van der Waals surface area contributed by atoms with Gasteiger partial charge in [0, 0.05) is 5.41 Å². The quantitative estimate of drug-likeness (QED) is 0.772. The number of aromatic nitrogens is 1. The first-order chi connectivity index (χ1) is 11.2. The third-order valence-corrected chi connectivity index (χ3v) is 4.62. The van der Waals surface area contributed by atoms with Gasteiger partial charge in [-0.05, 0) is 17.7 Å². The normalized spacial score (nSPS) is 11.0. The van der Waals surface area contributed by atoms with E-state index in [4.69, 9.17) is 27.9 Å². The van der Waals surface area contributed by atoms with Gasteiger partial charge in [-0.15, -0.1) is 0 Å². The van der Waals surface area contributed by atoms with Crippen LogP contribution in [-0.2, 0) is 16.8 Å². The van der Waals surface area contributed by atoms with Crippen LogP contribution in [0.1, 0.15) is 36.9 Å². The molecule has 0 fully saturated rings. The molecule has 0 atom stereocenters. The van der Waals surface area contributed by atoms with E-state index in [1.54, 1.807) is 18.2 Å². The fourth-order valence-corrected chi connectivity index (χ4v) is 3.14. The molecule has 1 aromatic heterocycles. The van der Waals surface area contributed by atoms with Gasteiger partial charge < -0.3 is 4.74 Å². The lowest BCUT2D eigenvalue weighted by molar-refractivity contribution is 0.155. The summed E-state index contributed by atoms with van der Waals surface area (Å²) in [6, 6.07) is 7.09. The van der Waals surface area contributed by atoms with Crippen LogP contribution < -0.4 is 5.32 Å². The van der Waals surface area contributed by atoms with Crippen LogP contribution in [0.5, 0.6) is 0 Å². The molecule has 1 heterocycles. The number of rotatable bonds is 3. The molecule has 8 heteroatoms. The zero-order chi connectivity index (χ0) is 17.9. The highest BCUT2D eigenvalue weighted by atomic mass is 35.5. The van der Waals surface area contributed by atoms with E-state index in [-0.39, 0.29) is 12.0 Å². The summed E-state index contributed by atoms with van der Waals surface area (Å²) >= 11 is 12.9. The van der Waals surface area contributed by atoms with Gasteiger partial charge in [0.1, 0.15) is 17.6 Å². The average Bonchev–Trinajstić information content (AvgIpc) is 2.91. The lowest BCUT2D eigenvalue weighted by Crippen LogP contribution is -2.15. The summed E-state index contributed by atoms with van der Waals surface area (Å²) in [4.78, 5) is 16.7. The van der Waals surface area contributed by atoms with Crippen LogP contribution in [0.4, 0.5) is 9.93 Å². The number of nitrogens with zero attached hydrogens (tertiary/aromatic N) is 2. The van der Waals surface area contributed by atoms with Gasteiger partial charge in [-0.3, -0.25) is 5.32 Å². The molecule has 0 saturated carbocycles.